The van der Waals surface area contributed by atoms with Crippen LogP contribution in [0.25, 0.3) is 0 Å². The van der Waals surface area contributed by atoms with Gasteiger partial charge in [-0.05, 0) is 25.5 Å². The summed E-state index contributed by atoms with van der Waals surface area (Å²) in [6.45, 7) is 9.14. The topological polar surface area (TPSA) is 157 Å². The van der Waals surface area contributed by atoms with Gasteiger partial charge in [-0.3, -0.25) is 19.2 Å². The summed E-state index contributed by atoms with van der Waals surface area (Å²) in [5.74, 6) is -1.06. The van der Waals surface area contributed by atoms with Crippen LogP contribution in [0.1, 0.15) is 46.0 Å². The van der Waals surface area contributed by atoms with E-state index in [0.29, 0.717) is 17.5 Å². The number of hydrogen-bond acceptors (Lipinski definition) is 12. The Labute approximate surface area is 236 Å². The molecule has 1 aliphatic rings. The summed E-state index contributed by atoms with van der Waals surface area (Å²) in [6.07, 6.45) is -3.34. The Balaban J connectivity index is 1.93. The molecule has 1 N–H and O–H groups in total. The number of benzene rings is 1. The maximum absolute atomic E-state index is 12.2. The molecule has 2 heterocycles. The first-order valence-electron chi connectivity index (χ1n) is 12.7. The monoisotopic (exact) mass is 578 g/mol. The molecule has 0 bridgehead atoms. The minimum absolute atomic E-state index is 0.159. The standard InChI is InChI=1S/C26H34N4O9S/c1-7-30-21(13-36-19-11-9-8-10-14(19)2)28-29-26(30)40-25-22(27-15(3)31)24(38-18(6)34)23(37-17(5)33)20(39-25)12-35-16(4)32/h8-11,20,22-25H,7,12-13H2,1-6H3,(H,27,31). The van der Waals surface area contributed by atoms with Gasteiger partial charge in [0, 0.05) is 34.2 Å². The van der Waals surface area contributed by atoms with Crippen molar-refractivity contribution in [3.8, 4) is 5.75 Å². The van der Waals surface area contributed by atoms with Gasteiger partial charge in [0.1, 0.15) is 36.5 Å². The number of nitrogens with one attached hydrogen (secondary N) is 1. The first-order chi connectivity index (χ1) is 19.0. The van der Waals surface area contributed by atoms with Gasteiger partial charge in [0.25, 0.3) is 0 Å². The van der Waals surface area contributed by atoms with Crippen molar-refractivity contribution < 1.29 is 42.9 Å². The summed E-state index contributed by atoms with van der Waals surface area (Å²) in [6, 6.07) is 6.65. The maximum Gasteiger partial charge on any atom is 0.303 e. The second-order valence-electron chi connectivity index (χ2n) is 9.03. The number of ether oxygens (including phenoxy) is 5. The van der Waals surface area contributed by atoms with Crippen molar-refractivity contribution in [1.29, 1.82) is 0 Å². The smallest absolute Gasteiger partial charge is 0.303 e. The molecule has 40 heavy (non-hydrogen) atoms. The molecular formula is C26H34N4O9S. The van der Waals surface area contributed by atoms with Gasteiger partial charge in [-0.2, -0.15) is 0 Å². The van der Waals surface area contributed by atoms with Crippen molar-refractivity contribution in [2.24, 2.45) is 0 Å². The lowest BCUT2D eigenvalue weighted by atomic mass is 9.97. The fourth-order valence-electron chi connectivity index (χ4n) is 4.19. The summed E-state index contributed by atoms with van der Waals surface area (Å²) in [4.78, 5) is 47.8. The predicted molar refractivity (Wildman–Crippen MR) is 141 cm³/mol. The van der Waals surface area contributed by atoms with Crippen LogP contribution in [0, 0.1) is 6.92 Å². The second-order valence-corrected chi connectivity index (χ2v) is 10.1. The molecule has 0 saturated carbocycles. The van der Waals surface area contributed by atoms with Gasteiger partial charge < -0.3 is 33.6 Å². The number of rotatable bonds is 11. The quantitative estimate of drug-likeness (QED) is 0.306. The van der Waals surface area contributed by atoms with E-state index in [1.54, 1.807) is 0 Å². The average molecular weight is 579 g/mol. The molecule has 3 rings (SSSR count). The van der Waals surface area contributed by atoms with Crippen LogP contribution in [-0.2, 0) is 51.3 Å². The summed E-state index contributed by atoms with van der Waals surface area (Å²) in [5, 5.41) is 11.8. The molecule has 218 valence electrons. The van der Waals surface area contributed by atoms with E-state index in [9.17, 15) is 19.2 Å². The van der Waals surface area contributed by atoms with Crippen molar-refractivity contribution in [3.05, 3.63) is 35.7 Å². The van der Waals surface area contributed by atoms with Crippen LogP contribution in [0.5, 0.6) is 5.75 Å². The number of hydrogen-bond donors (Lipinski definition) is 1. The van der Waals surface area contributed by atoms with Crippen LogP contribution in [0.3, 0.4) is 0 Å². The lowest BCUT2D eigenvalue weighted by molar-refractivity contribution is -0.211. The molecule has 13 nitrogen and oxygen atoms in total. The highest BCUT2D eigenvalue weighted by Gasteiger charge is 2.51. The lowest BCUT2D eigenvalue weighted by Crippen LogP contribution is -2.65. The van der Waals surface area contributed by atoms with E-state index in [0.717, 1.165) is 23.1 Å². The second kappa shape index (κ2) is 14.1. The van der Waals surface area contributed by atoms with Crippen molar-refractivity contribution in [2.75, 3.05) is 6.61 Å². The highest BCUT2D eigenvalue weighted by atomic mass is 32.2. The van der Waals surface area contributed by atoms with Crippen LogP contribution in [0.15, 0.2) is 29.4 Å². The fraction of sp³-hybridized carbons (Fsp3) is 0.538. The summed E-state index contributed by atoms with van der Waals surface area (Å²) in [5.41, 5.74) is 0.0753. The zero-order valence-corrected chi connectivity index (χ0v) is 24.1. The van der Waals surface area contributed by atoms with Gasteiger partial charge in [0.2, 0.25) is 5.91 Å². The van der Waals surface area contributed by atoms with E-state index in [1.165, 1.54) is 27.7 Å². The number of thioether (sulfide) groups is 1. The highest BCUT2D eigenvalue weighted by molar-refractivity contribution is 7.99. The molecule has 0 aliphatic carbocycles. The molecule has 1 amide bonds. The third-order valence-electron chi connectivity index (χ3n) is 5.85. The average Bonchev–Trinajstić information content (AvgIpc) is 3.26. The van der Waals surface area contributed by atoms with Crippen molar-refractivity contribution in [2.45, 2.75) is 89.6 Å². The Kier molecular flexibility index (Phi) is 10.9. The van der Waals surface area contributed by atoms with Crippen LogP contribution < -0.4 is 10.1 Å². The molecular weight excluding hydrogens is 544 g/mol. The SMILES string of the molecule is CCn1c(COc2ccccc2C)nnc1SC1OC(COC(C)=O)C(OC(C)=O)C(OC(C)=O)C1NC(C)=O. The number of esters is 3. The van der Waals surface area contributed by atoms with Crippen molar-refractivity contribution >= 4 is 35.6 Å². The third-order valence-corrected chi connectivity index (χ3v) is 7.00. The van der Waals surface area contributed by atoms with E-state index >= 15 is 0 Å². The lowest BCUT2D eigenvalue weighted by Gasteiger charge is -2.44. The van der Waals surface area contributed by atoms with Gasteiger partial charge in [-0.15, -0.1) is 10.2 Å². The van der Waals surface area contributed by atoms with Gasteiger partial charge in [0.15, 0.2) is 23.2 Å². The first kappa shape index (κ1) is 30.9. The molecule has 1 saturated heterocycles. The van der Waals surface area contributed by atoms with Crippen molar-refractivity contribution in [3.63, 3.8) is 0 Å². The van der Waals surface area contributed by atoms with E-state index < -0.39 is 53.6 Å². The highest BCUT2D eigenvalue weighted by Crippen LogP contribution is 2.36. The molecule has 1 aliphatic heterocycles. The molecule has 5 atom stereocenters. The summed E-state index contributed by atoms with van der Waals surface area (Å²) < 4.78 is 30.2. The van der Waals surface area contributed by atoms with Crippen LogP contribution in [0.4, 0.5) is 0 Å². The van der Waals surface area contributed by atoms with Gasteiger partial charge >= 0.3 is 17.9 Å². The summed E-state index contributed by atoms with van der Waals surface area (Å²) >= 11 is 1.13. The normalized spacial score (nSPS) is 22.2. The van der Waals surface area contributed by atoms with Crippen LogP contribution in [0.2, 0.25) is 0 Å². The Morgan fingerprint density at radius 3 is 2.27 bits per heavy atom. The molecule has 0 spiro atoms. The van der Waals surface area contributed by atoms with E-state index in [4.69, 9.17) is 23.7 Å². The Morgan fingerprint density at radius 1 is 1.00 bits per heavy atom. The largest absolute Gasteiger partial charge is 0.485 e. The van der Waals surface area contributed by atoms with E-state index in [-0.39, 0.29) is 13.2 Å². The van der Waals surface area contributed by atoms with Crippen molar-refractivity contribution in [1.82, 2.24) is 20.1 Å². The fourth-order valence-corrected chi connectivity index (χ4v) is 5.41. The summed E-state index contributed by atoms with van der Waals surface area (Å²) in [7, 11) is 0. The number of amides is 1. The molecule has 1 fully saturated rings. The number of aromatic nitrogens is 3. The Morgan fingerprint density at radius 2 is 1.68 bits per heavy atom. The Bertz CT molecular complexity index is 1220. The van der Waals surface area contributed by atoms with E-state index in [2.05, 4.69) is 15.5 Å². The molecule has 1 aromatic heterocycles. The van der Waals surface area contributed by atoms with Crippen LogP contribution in [-0.4, -0.2) is 75.0 Å². The third kappa shape index (κ3) is 8.18. The predicted octanol–water partition coefficient (Wildman–Crippen LogP) is 1.93. The van der Waals surface area contributed by atoms with Crippen LogP contribution >= 0.6 is 11.8 Å². The minimum Gasteiger partial charge on any atom is -0.485 e. The number of carbonyl (C=O) groups excluding carboxylic acids is 4. The maximum atomic E-state index is 12.2. The van der Waals surface area contributed by atoms with E-state index in [1.807, 2.05) is 42.7 Å². The molecule has 1 aromatic carbocycles. The Hall–Kier alpha value is -3.65. The first-order valence-corrected chi connectivity index (χ1v) is 13.6. The molecule has 2 aromatic rings. The number of carbonyl (C=O) groups is 4. The zero-order chi connectivity index (χ0) is 29.4. The molecule has 0 radical (unpaired) electrons. The number of aryl methyl sites for hydroxylation is 1. The number of nitrogens with zero attached hydrogens (tertiary/aromatic N) is 3. The van der Waals surface area contributed by atoms with Gasteiger partial charge in [0.05, 0.1) is 0 Å². The molecule has 14 heteroatoms. The van der Waals surface area contributed by atoms with Gasteiger partial charge in [-0.1, -0.05) is 30.0 Å². The molecule has 5 unspecified atom stereocenters. The number of para-hydroxylation sites is 1. The minimum atomic E-state index is -1.17. The van der Waals surface area contributed by atoms with Gasteiger partial charge in [-0.25, -0.2) is 0 Å². The zero-order valence-electron chi connectivity index (χ0n) is 23.2.